The molecule has 1 heterocycles. The van der Waals surface area contributed by atoms with Crippen LogP contribution in [0.4, 0.5) is 0 Å². The number of aryl methyl sites for hydroxylation is 1. The molecule has 0 saturated heterocycles. The molecule has 0 atom stereocenters. The zero-order valence-electron chi connectivity index (χ0n) is 8.14. The topological polar surface area (TPSA) is 34.9 Å². The molecule has 0 aliphatic heterocycles. The third-order valence-electron chi connectivity index (χ3n) is 2.11. The van der Waals surface area contributed by atoms with Crippen molar-refractivity contribution in [1.82, 2.24) is 9.78 Å². The standard InChI is InChI=1S/C11H9ClN2O/c1-8-11(12)6-14(13-8)10-4-2-3-9(5-10)7-15/h2-7H,1H3. The number of rotatable bonds is 2. The summed E-state index contributed by atoms with van der Waals surface area (Å²) in [4.78, 5) is 10.6. The fraction of sp³-hybridized carbons (Fsp3) is 0.0909. The number of hydrogen-bond donors (Lipinski definition) is 0. The van der Waals surface area contributed by atoms with Crippen LogP contribution < -0.4 is 0 Å². The Bertz CT molecular complexity index is 486. The van der Waals surface area contributed by atoms with Crippen molar-refractivity contribution in [2.24, 2.45) is 0 Å². The van der Waals surface area contributed by atoms with Crippen molar-refractivity contribution in [3.05, 3.63) is 46.7 Å². The van der Waals surface area contributed by atoms with Crippen molar-refractivity contribution >= 4 is 17.9 Å². The Labute approximate surface area is 92.3 Å². The molecule has 1 aromatic carbocycles. The largest absolute Gasteiger partial charge is 0.298 e. The molecule has 0 N–H and O–H groups in total. The molecular weight excluding hydrogens is 212 g/mol. The highest BCUT2D eigenvalue weighted by Crippen LogP contribution is 2.16. The van der Waals surface area contributed by atoms with E-state index in [2.05, 4.69) is 5.10 Å². The van der Waals surface area contributed by atoms with E-state index in [4.69, 9.17) is 11.6 Å². The van der Waals surface area contributed by atoms with Crippen LogP contribution in [0.1, 0.15) is 16.1 Å². The van der Waals surface area contributed by atoms with Crippen LogP contribution in [-0.4, -0.2) is 16.1 Å². The highest BCUT2D eigenvalue weighted by Gasteiger charge is 2.03. The van der Waals surface area contributed by atoms with E-state index in [1.54, 1.807) is 23.0 Å². The van der Waals surface area contributed by atoms with Crippen LogP contribution in [0, 0.1) is 6.92 Å². The first kappa shape index (κ1) is 9.93. The third kappa shape index (κ3) is 1.92. The summed E-state index contributed by atoms with van der Waals surface area (Å²) in [7, 11) is 0. The molecule has 1 aromatic heterocycles. The summed E-state index contributed by atoms with van der Waals surface area (Å²) in [6.07, 6.45) is 2.53. The summed E-state index contributed by atoms with van der Waals surface area (Å²) in [5.41, 5.74) is 2.22. The molecule has 0 aliphatic rings. The van der Waals surface area contributed by atoms with E-state index in [1.165, 1.54) is 0 Å². The second-order valence-electron chi connectivity index (χ2n) is 3.22. The summed E-state index contributed by atoms with van der Waals surface area (Å²) >= 11 is 5.90. The molecule has 0 amide bonds. The van der Waals surface area contributed by atoms with E-state index >= 15 is 0 Å². The maximum Gasteiger partial charge on any atom is 0.150 e. The fourth-order valence-electron chi connectivity index (χ4n) is 1.31. The SMILES string of the molecule is Cc1nn(-c2cccc(C=O)c2)cc1Cl. The van der Waals surface area contributed by atoms with Gasteiger partial charge in [-0.25, -0.2) is 4.68 Å². The van der Waals surface area contributed by atoms with E-state index in [9.17, 15) is 4.79 Å². The number of halogens is 1. The monoisotopic (exact) mass is 220 g/mol. The predicted molar refractivity (Wildman–Crippen MR) is 58.7 cm³/mol. The minimum Gasteiger partial charge on any atom is -0.298 e. The van der Waals surface area contributed by atoms with Crippen molar-refractivity contribution < 1.29 is 4.79 Å². The Hall–Kier alpha value is -1.61. The summed E-state index contributed by atoms with van der Waals surface area (Å²) < 4.78 is 1.66. The molecule has 0 saturated carbocycles. The van der Waals surface area contributed by atoms with Gasteiger partial charge in [0.2, 0.25) is 0 Å². The zero-order chi connectivity index (χ0) is 10.8. The highest BCUT2D eigenvalue weighted by molar-refractivity contribution is 6.31. The first-order valence-electron chi connectivity index (χ1n) is 4.48. The minimum absolute atomic E-state index is 0.617. The average molecular weight is 221 g/mol. The van der Waals surface area contributed by atoms with Gasteiger partial charge in [0.25, 0.3) is 0 Å². The van der Waals surface area contributed by atoms with E-state index in [0.29, 0.717) is 10.6 Å². The molecular formula is C11H9ClN2O. The van der Waals surface area contributed by atoms with Gasteiger partial charge in [-0.05, 0) is 19.1 Å². The van der Waals surface area contributed by atoms with Gasteiger partial charge in [0, 0.05) is 11.8 Å². The van der Waals surface area contributed by atoms with Crippen molar-refractivity contribution in [3.8, 4) is 5.69 Å². The van der Waals surface area contributed by atoms with Gasteiger partial charge in [-0.2, -0.15) is 5.10 Å². The van der Waals surface area contributed by atoms with E-state index < -0.39 is 0 Å². The normalized spacial score (nSPS) is 10.3. The van der Waals surface area contributed by atoms with E-state index in [-0.39, 0.29) is 0 Å². The Morgan fingerprint density at radius 2 is 2.27 bits per heavy atom. The molecule has 15 heavy (non-hydrogen) atoms. The number of aromatic nitrogens is 2. The van der Waals surface area contributed by atoms with Gasteiger partial charge in [-0.1, -0.05) is 23.7 Å². The zero-order valence-corrected chi connectivity index (χ0v) is 8.90. The molecule has 0 unspecified atom stereocenters. The van der Waals surface area contributed by atoms with Crippen molar-refractivity contribution in [3.63, 3.8) is 0 Å². The van der Waals surface area contributed by atoms with Crippen LogP contribution in [0.25, 0.3) is 5.69 Å². The lowest BCUT2D eigenvalue weighted by Gasteiger charge is -2.00. The second-order valence-corrected chi connectivity index (χ2v) is 3.63. The molecule has 0 radical (unpaired) electrons. The molecule has 0 aliphatic carbocycles. The fourth-order valence-corrected chi connectivity index (χ4v) is 1.44. The van der Waals surface area contributed by atoms with Gasteiger partial charge in [0.1, 0.15) is 6.29 Å². The Morgan fingerprint density at radius 3 is 2.87 bits per heavy atom. The van der Waals surface area contributed by atoms with Gasteiger partial charge in [0.15, 0.2) is 0 Å². The number of hydrogen-bond acceptors (Lipinski definition) is 2. The summed E-state index contributed by atoms with van der Waals surface area (Å²) in [5.74, 6) is 0. The highest BCUT2D eigenvalue weighted by atomic mass is 35.5. The van der Waals surface area contributed by atoms with Crippen LogP contribution in [0.3, 0.4) is 0 Å². The average Bonchev–Trinajstić information content (AvgIpc) is 2.59. The number of aldehydes is 1. The van der Waals surface area contributed by atoms with Gasteiger partial charge in [0.05, 0.1) is 16.4 Å². The van der Waals surface area contributed by atoms with E-state index in [1.807, 2.05) is 19.1 Å². The molecule has 76 valence electrons. The van der Waals surface area contributed by atoms with Crippen LogP contribution in [-0.2, 0) is 0 Å². The van der Waals surface area contributed by atoms with Crippen molar-refractivity contribution in [1.29, 1.82) is 0 Å². The molecule has 4 heteroatoms. The smallest absolute Gasteiger partial charge is 0.150 e. The van der Waals surface area contributed by atoms with Gasteiger partial charge in [-0.3, -0.25) is 4.79 Å². The number of benzene rings is 1. The lowest BCUT2D eigenvalue weighted by molar-refractivity contribution is 0.112. The third-order valence-corrected chi connectivity index (χ3v) is 2.48. The molecule has 0 bridgehead atoms. The maximum atomic E-state index is 10.6. The van der Waals surface area contributed by atoms with Gasteiger partial charge in [-0.15, -0.1) is 0 Å². The molecule has 2 aromatic rings. The quantitative estimate of drug-likeness (QED) is 0.730. The maximum absolute atomic E-state index is 10.6. The Kier molecular flexibility index (Phi) is 2.56. The number of carbonyl (C=O) groups is 1. The lowest BCUT2D eigenvalue weighted by atomic mass is 10.2. The van der Waals surface area contributed by atoms with Crippen molar-refractivity contribution in [2.75, 3.05) is 0 Å². The molecule has 3 nitrogen and oxygen atoms in total. The summed E-state index contributed by atoms with van der Waals surface area (Å²) in [5, 5.41) is 4.84. The van der Waals surface area contributed by atoms with Crippen LogP contribution in [0.15, 0.2) is 30.5 Å². The number of carbonyl (C=O) groups excluding carboxylic acids is 1. The van der Waals surface area contributed by atoms with Crippen LogP contribution in [0.5, 0.6) is 0 Å². The van der Waals surface area contributed by atoms with Gasteiger partial charge >= 0.3 is 0 Å². The predicted octanol–water partition coefficient (Wildman–Crippen LogP) is 2.65. The van der Waals surface area contributed by atoms with Gasteiger partial charge < -0.3 is 0 Å². The minimum atomic E-state index is 0.617. The van der Waals surface area contributed by atoms with Crippen LogP contribution >= 0.6 is 11.6 Å². The lowest BCUT2D eigenvalue weighted by Crippen LogP contribution is -1.95. The first-order valence-corrected chi connectivity index (χ1v) is 4.86. The van der Waals surface area contributed by atoms with Crippen LogP contribution in [0.2, 0.25) is 5.02 Å². The Balaban J connectivity index is 2.48. The summed E-state index contributed by atoms with van der Waals surface area (Å²) in [6, 6.07) is 7.18. The summed E-state index contributed by atoms with van der Waals surface area (Å²) in [6.45, 7) is 1.84. The second kappa shape index (κ2) is 3.87. The molecule has 0 spiro atoms. The van der Waals surface area contributed by atoms with Crippen molar-refractivity contribution in [2.45, 2.75) is 6.92 Å². The van der Waals surface area contributed by atoms with E-state index in [0.717, 1.165) is 17.7 Å². The molecule has 2 rings (SSSR count). The Morgan fingerprint density at radius 1 is 1.47 bits per heavy atom. The molecule has 0 fully saturated rings. The first-order chi connectivity index (χ1) is 7.20. The number of nitrogens with zero attached hydrogens (tertiary/aromatic N) is 2.